The topological polar surface area (TPSA) is 50.4 Å². The van der Waals surface area contributed by atoms with Gasteiger partial charge in [-0.3, -0.25) is 4.79 Å². The molecular weight excluding hydrogens is 240 g/mol. The maximum absolute atomic E-state index is 11.8. The fourth-order valence-electron chi connectivity index (χ4n) is 2.10. The highest BCUT2D eigenvalue weighted by molar-refractivity contribution is 5.76. The van der Waals surface area contributed by atoms with Crippen LogP contribution < -0.4 is 10.6 Å². The van der Waals surface area contributed by atoms with Crippen LogP contribution in [0.2, 0.25) is 0 Å². The minimum absolute atomic E-state index is 0.137. The van der Waals surface area contributed by atoms with Gasteiger partial charge in [-0.25, -0.2) is 0 Å². The fraction of sp³-hybridized carbons (Fsp3) is 0.533. The van der Waals surface area contributed by atoms with Gasteiger partial charge in [0.1, 0.15) is 0 Å². The molecule has 2 rings (SSSR count). The second-order valence-corrected chi connectivity index (χ2v) is 4.91. The smallest absolute Gasteiger partial charge is 0.220 e. The Labute approximate surface area is 114 Å². The number of hydrogen-bond donors (Lipinski definition) is 2. The van der Waals surface area contributed by atoms with Crippen LogP contribution in [-0.4, -0.2) is 25.6 Å². The average molecular weight is 262 g/mol. The van der Waals surface area contributed by atoms with Crippen molar-refractivity contribution < 1.29 is 9.53 Å². The molecule has 0 radical (unpaired) electrons. The predicted octanol–water partition coefficient (Wildman–Crippen LogP) is 1.45. The molecule has 2 N–H and O–H groups in total. The minimum atomic E-state index is 0.137. The lowest BCUT2D eigenvalue weighted by Crippen LogP contribution is -2.44. The molecule has 0 bridgehead atoms. The summed E-state index contributed by atoms with van der Waals surface area (Å²) in [4.78, 5) is 11.8. The van der Waals surface area contributed by atoms with Gasteiger partial charge >= 0.3 is 0 Å². The second-order valence-electron chi connectivity index (χ2n) is 4.91. The number of rotatable bonds is 7. The first-order valence-electron chi connectivity index (χ1n) is 6.91. The third-order valence-electron chi connectivity index (χ3n) is 3.40. The lowest BCUT2D eigenvalue weighted by Gasteiger charge is -2.26. The van der Waals surface area contributed by atoms with Crippen molar-refractivity contribution >= 4 is 5.91 Å². The van der Waals surface area contributed by atoms with Gasteiger partial charge < -0.3 is 15.4 Å². The molecule has 1 amide bonds. The van der Waals surface area contributed by atoms with E-state index < -0.39 is 0 Å². The average Bonchev–Trinajstić information content (AvgIpc) is 2.39. The highest BCUT2D eigenvalue weighted by atomic mass is 16.5. The van der Waals surface area contributed by atoms with Gasteiger partial charge in [-0.1, -0.05) is 24.3 Å². The van der Waals surface area contributed by atoms with Gasteiger partial charge in [0, 0.05) is 19.6 Å². The quantitative estimate of drug-likeness (QED) is 0.782. The molecule has 1 aromatic rings. The highest BCUT2D eigenvalue weighted by Gasteiger charge is 2.19. The lowest BCUT2D eigenvalue weighted by atomic mass is 9.99. The molecule has 1 aliphatic rings. The summed E-state index contributed by atoms with van der Waals surface area (Å²) in [5.74, 6) is 0.649. The van der Waals surface area contributed by atoms with Crippen molar-refractivity contribution in [1.82, 2.24) is 10.6 Å². The van der Waals surface area contributed by atoms with E-state index >= 15 is 0 Å². The van der Waals surface area contributed by atoms with Crippen LogP contribution in [0.4, 0.5) is 0 Å². The Morgan fingerprint density at radius 1 is 1.37 bits per heavy atom. The lowest BCUT2D eigenvalue weighted by molar-refractivity contribution is -0.122. The molecule has 0 aliphatic carbocycles. The van der Waals surface area contributed by atoms with Crippen LogP contribution in [0.25, 0.3) is 0 Å². The van der Waals surface area contributed by atoms with Crippen molar-refractivity contribution in [3.8, 4) is 0 Å². The van der Waals surface area contributed by atoms with Crippen LogP contribution in [0, 0.1) is 5.92 Å². The molecule has 0 saturated carbocycles. The number of hydrogen-bond acceptors (Lipinski definition) is 3. The van der Waals surface area contributed by atoms with E-state index in [1.165, 1.54) is 0 Å². The first-order valence-corrected chi connectivity index (χ1v) is 6.91. The summed E-state index contributed by atoms with van der Waals surface area (Å²) in [7, 11) is 0. The first-order chi connectivity index (χ1) is 9.29. The molecule has 1 aromatic carbocycles. The Kier molecular flexibility index (Phi) is 5.36. The molecule has 1 aliphatic heterocycles. The van der Waals surface area contributed by atoms with Crippen molar-refractivity contribution in [3.05, 3.63) is 35.4 Å². The van der Waals surface area contributed by atoms with E-state index in [0.29, 0.717) is 32.1 Å². The van der Waals surface area contributed by atoms with Crippen molar-refractivity contribution in [2.45, 2.75) is 26.5 Å². The summed E-state index contributed by atoms with van der Waals surface area (Å²) >= 11 is 0. The standard InChI is InChI=1S/C15H22N2O2/c1-2-19-11-14-6-4-3-5-13(14)10-17-15(18)7-12-8-16-9-12/h3-6,12,16H,2,7-11H2,1H3,(H,17,18). The largest absolute Gasteiger partial charge is 0.377 e. The normalized spacial score (nSPS) is 15.0. The van der Waals surface area contributed by atoms with E-state index in [4.69, 9.17) is 4.74 Å². The van der Waals surface area contributed by atoms with Gasteiger partial charge in [0.25, 0.3) is 0 Å². The summed E-state index contributed by atoms with van der Waals surface area (Å²) in [5, 5.41) is 6.17. The van der Waals surface area contributed by atoms with Gasteiger partial charge in [-0.2, -0.15) is 0 Å². The third-order valence-corrected chi connectivity index (χ3v) is 3.40. The molecule has 0 spiro atoms. The number of amides is 1. The van der Waals surface area contributed by atoms with E-state index in [1.54, 1.807) is 0 Å². The predicted molar refractivity (Wildman–Crippen MR) is 74.6 cm³/mol. The third kappa shape index (κ3) is 4.33. The molecule has 0 aromatic heterocycles. The number of carbonyl (C=O) groups is 1. The molecule has 1 heterocycles. The van der Waals surface area contributed by atoms with E-state index in [-0.39, 0.29) is 5.91 Å². The van der Waals surface area contributed by atoms with Crippen LogP contribution >= 0.6 is 0 Å². The molecule has 4 heteroatoms. The van der Waals surface area contributed by atoms with Gasteiger partial charge in [-0.05, 0) is 37.1 Å². The Morgan fingerprint density at radius 2 is 2.11 bits per heavy atom. The van der Waals surface area contributed by atoms with Gasteiger partial charge in [-0.15, -0.1) is 0 Å². The molecular formula is C15H22N2O2. The summed E-state index contributed by atoms with van der Waals surface area (Å²) in [6.07, 6.45) is 0.626. The van der Waals surface area contributed by atoms with E-state index in [2.05, 4.69) is 10.6 Å². The maximum Gasteiger partial charge on any atom is 0.220 e. The zero-order valence-electron chi connectivity index (χ0n) is 11.4. The number of nitrogens with one attached hydrogen (secondary N) is 2. The van der Waals surface area contributed by atoms with Crippen LogP contribution in [0.1, 0.15) is 24.5 Å². The second kappa shape index (κ2) is 7.26. The molecule has 1 saturated heterocycles. The Balaban J connectivity index is 1.82. The monoisotopic (exact) mass is 262 g/mol. The van der Waals surface area contributed by atoms with Crippen LogP contribution in [0.15, 0.2) is 24.3 Å². The van der Waals surface area contributed by atoms with Crippen LogP contribution in [0.3, 0.4) is 0 Å². The zero-order chi connectivity index (χ0) is 13.5. The summed E-state index contributed by atoms with van der Waals surface area (Å²) in [6.45, 7) is 5.81. The summed E-state index contributed by atoms with van der Waals surface area (Å²) < 4.78 is 5.44. The Hall–Kier alpha value is -1.39. The molecule has 0 unspecified atom stereocenters. The Morgan fingerprint density at radius 3 is 2.74 bits per heavy atom. The summed E-state index contributed by atoms with van der Waals surface area (Å²) in [5.41, 5.74) is 2.28. The van der Waals surface area contributed by atoms with Gasteiger partial charge in [0.05, 0.1) is 6.61 Å². The molecule has 19 heavy (non-hydrogen) atoms. The first kappa shape index (κ1) is 14.0. The van der Waals surface area contributed by atoms with Crippen molar-refractivity contribution in [3.63, 3.8) is 0 Å². The number of ether oxygens (including phenoxy) is 1. The maximum atomic E-state index is 11.8. The molecule has 0 atom stereocenters. The van der Waals surface area contributed by atoms with E-state index in [9.17, 15) is 4.79 Å². The minimum Gasteiger partial charge on any atom is -0.377 e. The van der Waals surface area contributed by atoms with E-state index in [0.717, 1.165) is 24.2 Å². The highest BCUT2D eigenvalue weighted by Crippen LogP contribution is 2.11. The number of carbonyl (C=O) groups excluding carboxylic acids is 1. The fourth-order valence-corrected chi connectivity index (χ4v) is 2.10. The number of benzene rings is 1. The summed E-state index contributed by atoms with van der Waals surface area (Å²) in [6, 6.07) is 8.08. The van der Waals surface area contributed by atoms with E-state index in [1.807, 2.05) is 31.2 Å². The van der Waals surface area contributed by atoms with Crippen molar-refractivity contribution in [2.75, 3.05) is 19.7 Å². The van der Waals surface area contributed by atoms with Crippen molar-refractivity contribution in [1.29, 1.82) is 0 Å². The molecule has 4 nitrogen and oxygen atoms in total. The Bertz CT molecular complexity index is 416. The van der Waals surface area contributed by atoms with Gasteiger partial charge in [0.2, 0.25) is 5.91 Å². The van der Waals surface area contributed by atoms with Crippen molar-refractivity contribution in [2.24, 2.45) is 5.92 Å². The zero-order valence-corrected chi connectivity index (χ0v) is 11.4. The molecule has 1 fully saturated rings. The molecule has 104 valence electrons. The SMILES string of the molecule is CCOCc1ccccc1CNC(=O)CC1CNC1. The van der Waals surface area contributed by atoms with Crippen LogP contribution in [0.5, 0.6) is 0 Å². The van der Waals surface area contributed by atoms with Gasteiger partial charge in [0.15, 0.2) is 0 Å². The van der Waals surface area contributed by atoms with Crippen LogP contribution in [-0.2, 0) is 22.7 Å².